The van der Waals surface area contributed by atoms with Gasteiger partial charge in [-0.1, -0.05) is 26.7 Å². The summed E-state index contributed by atoms with van der Waals surface area (Å²) in [5.74, 6) is 0. The first-order chi connectivity index (χ1) is 8.74. The molecule has 0 aromatic rings. The summed E-state index contributed by atoms with van der Waals surface area (Å²) in [4.78, 5) is 0. The lowest BCUT2D eigenvalue weighted by molar-refractivity contribution is 0.0374. The minimum absolute atomic E-state index is 0.420. The fourth-order valence-electron chi connectivity index (χ4n) is 2.02. The molecular formula is C15H34N2O. The van der Waals surface area contributed by atoms with Crippen LogP contribution in [0.3, 0.4) is 0 Å². The first-order valence-electron chi connectivity index (χ1n) is 7.79. The molecule has 0 saturated heterocycles. The molecule has 18 heavy (non-hydrogen) atoms. The Kier molecular flexibility index (Phi) is 13.2. The zero-order valence-electron chi connectivity index (χ0n) is 12.7. The van der Waals surface area contributed by atoms with Crippen LogP contribution in [0, 0.1) is 0 Å². The van der Waals surface area contributed by atoms with E-state index in [-0.39, 0.29) is 0 Å². The van der Waals surface area contributed by atoms with Gasteiger partial charge in [0.15, 0.2) is 0 Å². The van der Waals surface area contributed by atoms with E-state index in [9.17, 15) is 0 Å². The number of unbranched alkanes of at least 4 members (excludes halogenated alkanes) is 3. The van der Waals surface area contributed by atoms with Crippen molar-refractivity contribution in [3.8, 4) is 0 Å². The van der Waals surface area contributed by atoms with Crippen LogP contribution in [-0.4, -0.2) is 31.8 Å². The van der Waals surface area contributed by atoms with Gasteiger partial charge in [-0.2, -0.15) is 0 Å². The van der Waals surface area contributed by atoms with Gasteiger partial charge >= 0.3 is 0 Å². The molecule has 0 fully saturated rings. The monoisotopic (exact) mass is 258 g/mol. The van der Waals surface area contributed by atoms with Gasteiger partial charge in [-0.05, 0) is 52.1 Å². The van der Waals surface area contributed by atoms with Crippen LogP contribution in [0.5, 0.6) is 0 Å². The lowest BCUT2D eigenvalue weighted by Crippen LogP contribution is -2.31. The zero-order valence-corrected chi connectivity index (χ0v) is 12.7. The number of hydrogen-bond acceptors (Lipinski definition) is 3. The zero-order chi connectivity index (χ0) is 13.6. The molecule has 0 aromatic carbocycles. The number of nitrogens with two attached hydrogens (primary N) is 1. The summed E-state index contributed by atoms with van der Waals surface area (Å²) in [7, 11) is 0. The molecule has 0 saturated carbocycles. The smallest absolute Gasteiger partial charge is 0.0587 e. The van der Waals surface area contributed by atoms with Crippen molar-refractivity contribution >= 4 is 0 Å². The van der Waals surface area contributed by atoms with E-state index in [2.05, 4.69) is 26.1 Å². The van der Waals surface area contributed by atoms with Crippen LogP contribution in [0.1, 0.15) is 65.7 Å². The SMILES string of the molecule is CCCCOC(CC)CC(C)NCCCCCN. The van der Waals surface area contributed by atoms with E-state index in [4.69, 9.17) is 10.5 Å². The van der Waals surface area contributed by atoms with Crippen molar-refractivity contribution in [1.82, 2.24) is 5.32 Å². The molecule has 0 aromatic heterocycles. The Hall–Kier alpha value is -0.120. The summed E-state index contributed by atoms with van der Waals surface area (Å²) < 4.78 is 5.89. The highest BCUT2D eigenvalue weighted by molar-refractivity contribution is 4.67. The van der Waals surface area contributed by atoms with Crippen LogP contribution >= 0.6 is 0 Å². The van der Waals surface area contributed by atoms with Gasteiger partial charge in [0, 0.05) is 12.6 Å². The molecule has 110 valence electrons. The van der Waals surface area contributed by atoms with Crippen molar-refractivity contribution in [3.63, 3.8) is 0 Å². The molecule has 0 spiro atoms. The molecule has 0 rings (SSSR count). The van der Waals surface area contributed by atoms with E-state index in [0.717, 1.165) is 39.0 Å². The van der Waals surface area contributed by atoms with Crippen LogP contribution in [0.2, 0.25) is 0 Å². The highest BCUT2D eigenvalue weighted by atomic mass is 16.5. The summed E-state index contributed by atoms with van der Waals surface area (Å²) in [6.07, 6.45) is 8.66. The largest absolute Gasteiger partial charge is 0.378 e. The minimum atomic E-state index is 0.420. The molecule has 3 nitrogen and oxygen atoms in total. The summed E-state index contributed by atoms with van der Waals surface area (Å²) in [5.41, 5.74) is 5.48. The number of rotatable bonds is 13. The Labute approximate surface area is 114 Å². The molecule has 0 aliphatic rings. The van der Waals surface area contributed by atoms with Crippen LogP contribution in [0.15, 0.2) is 0 Å². The summed E-state index contributed by atoms with van der Waals surface area (Å²) in [5, 5.41) is 3.58. The van der Waals surface area contributed by atoms with Gasteiger partial charge in [-0.15, -0.1) is 0 Å². The minimum Gasteiger partial charge on any atom is -0.378 e. The quantitative estimate of drug-likeness (QED) is 0.499. The van der Waals surface area contributed by atoms with Gasteiger partial charge in [0.05, 0.1) is 6.10 Å². The van der Waals surface area contributed by atoms with Crippen molar-refractivity contribution in [2.75, 3.05) is 19.7 Å². The van der Waals surface area contributed by atoms with Gasteiger partial charge in [0.1, 0.15) is 0 Å². The van der Waals surface area contributed by atoms with Crippen LogP contribution in [0.25, 0.3) is 0 Å². The second-order valence-corrected chi connectivity index (χ2v) is 5.19. The predicted molar refractivity (Wildman–Crippen MR) is 79.9 cm³/mol. The second kappa shape index (κ2) is 13.3. The van der Waals surface area contributed by atoms with E-state index in [0.29, 0.717) is 12.1 Å². The average Bonchev–Trinajstić information content (AvgIpc) is 2.37. The third-order valence-corrected chi connectivity index (χ3v) is 3.30. The van der Waals surface area contributed by atoms with Crippen molar-refractivity contribution in [2.24, 2.45) is 5.73 Å². The lowest BCUT2D eigenvalue weighted by atomic mass is 10.1. The molecule has 0 heterocycles. The molecule has 2 atom stereocenters. The average molecular weight is 258 g/mol. The van der Waals surface area contributed by atoms with Gasteiger partial charge in [0.25, 0.3) is 0 Å². The molecule has 2 unspecified atom stereocenters. The summed E-state index contributed by atoms with van der Waals surface area (Å²) >= 11 is 0. The third kappa shape index (κ3) is 11.0. The molecule has 0 aliphatic heterocycles. The Morgan fingerprint density at radius 3 is 2.50 bits per heavy atom. The molecule has 0 amide bonds. The molecule has 3 heteroatoms. The first kappa shape index (κ1) is 17.9. The maximum Gasteiger partial charge on any atom is 0.0587 e. The Morgan fingerprint density at radius 2 is 1.89 bits per heavy atom. The van der Waals surface area contributed by atoms with Crippen LogP contribution < -0.4 is 11.1 Å². The number of ether oxygens (including phenoxy) is 1. The second-order valence-electron chi connectivity index (χ2n) is 5.19. The molecule has 0 radical (unpaired) electrons. The molecule has 3 N–H and O–H groups in total. The van der Waals surface area contributed by atoms with Crippen molar-refractivity contribution < 1.29 is 4.74 Å². The number of nitrogens with one attached hydrogen (secondary N) is 1. The Balaban J connectivity index is 3.52. The van der Waals surface area contributed by atoms with Crippen molar-refractivity contribution in [2.45, 2.75) is 77.9 Å². The summed E-state index contributed by atoms with van der Waals surface area (Å²) in [6.45, 7) is 9.51. The normalized spacial score (nSPS) is 14.7. The first-order valence-corrected chi connectivity index (χ1v) is 7.79. The Morgan fingerprint density at radius 1 is 1.11 bits per heavy atom. The maximum absolute atomic E-state index is 5.89. The standard InChI is InChI=1S/C15H34N2O/c1-4-6-12-18-15(5-2)13-14(3)17-11-9-7-8-10-16/h14-15,17H,4-13,16H2,1-3H3. The van der Waals surface area contributed by atoms with E-state index in [1.165, 1.54) is 25.7 Å². The Bertz CT molecular complexity index is 165. The van der Waals surface area contributed by atoms with Crippen molar-refractivity contribution in [1.29, 1.82) is 0 Å². The van der Waals surface area contributed by atoms with E-state index in [1.54, 1.807) is 0 Å². The molecular weight excluding hydrogens is 224 g/mol. The van der Waals surface area contributed by atoms with Crippen LogP contribution in [-0.2, 0) is 4.74 Å². The van der Waals surface area contributed by atoms with Gasteiger partial charge in [-0.25, -0.2) is 0 Å². The third-order valence-electron chi connectivity index (χ3n) is 3.30. The maximum atomic E-state index is 5.89. The van der Waals surface area contributed by atoms with E-state index in [1.807, 2.05) is 0 Å². The van der Waals surface area contributed by atoms with E-state index < -0.39 is 0 Å². The van der Waals surface area contributed by atoms with Gasteiger partial charge < -0.3 is 15.8 Å². The topological polar surface area (TPSA) is 47.3 Å². The van der Waals surface area contributed by atoms with Gasteiger partial charge in [0.2, 0.25) is 0 Å². The van der Waals surface area contributed by atoms with E-state index >= 15 is 0 Å². The predicted octanol–water partition coefficient (Wildman–Crippen LogP) is 3.08. The van der Waals surface area contributed by atoms with Gasteiger partial charge in [-0.3, -0.25) is 0 Å². The fourth-order valence-corrected chi connectivity index (χ4v) is 2.02. The fraction of sp³-hybridized carbons (Fsp3) is 1.00. The highest BCUT2D eigenvalue weighted by Crippen LogP contribution is 2.08. The number of hydrogen-bond donors (Lipinski definition) is 2. The molecule has 0 bridgehead atoms. The summed E-state index contributed by atoms with van der Waals surface area (Å²) in [6, 6.07) is 0.550. The molecule has 0 aliphatic carbocycles. The van der Waals surface area contributed by atoms with Crippen molar-refractivity contribution in [3.05, 3.63) is 0 Å². The lowest BCUT2D eigenvalue weighted by Gasteiger charge is -2.21. The van der Waals surface area contributed by atoms with Crippen LogP contribution in [0.4, 0.5) is 0 Å². The highest BCUT2D eigenvalue weighted by Gasteiger charge is 2.11.